The Balaban J connectivity index is 2.61. The standard InChI is InChI=1S/C9H9NO2/c11-8-4-3-7-6(9(8)12)2-1-5-10-7/h1-5,8-9,11-12H/t8-,9-/m1/s1/i9D. The van der Waals surface area contributed by atoms with Gasteiger partial charge in [0.15, 0.2) is 0 Å². The molecule has 1 aliphatic carbocycles. The monoisotopic (exact) mass is 164 g/mol. The Morgan fingerprint density at radius 2 is 2.33 bits per heavy atom. The number of aliphatic hydroxyl groups is 2. The second-order valence-electron chi connectivity index (χ2n) is 2.63. The highest BCUT2D eigenvalue weighted by Crippen LogP contribution is 2.25. The van der Waals surface area contributed by atoms with Crippen molar-refractivity contribution in [3.05, 3.63) is 35.7 Å². The fraction of sp³-hybridized carbons (Fsp3) is 0.222. The first-order valence-corrected chi connectivity index (χ1v) is 3.66. The van der Waals surface area contributed by atoms with Crippen molar-refractivity contribution in [3.63, 3.8) is 0 Å². The summed E-state index contributed by atoms with van der Waals surface area (Å²) in [7, 11) is 0. The normalized spacial score (nSPS) is 34.2. The van der Waals surface area contributed by atoms with Crippen LogP contribution in [0.3, 0.4) is 0 Å². The summed E-state index contributed by atoms with van der Waals surface area (Å²) < 4.78 is 7.53. The maximum absolute atomic E-state index is 9.62. The molecule has 2 rings (SSSR count). The Morgan fingerprint density at radius 1 is 1.50 bits per heavy atom. The Bertz CT molecular complexity index is 362. The molecule has 0 unspecified atom stereocenters. The van der Waals surface area contributed by atoms with Gasteiger partial charge in [-0.1, -0.05) is 12.1 Å². The summed E-state index contributed by atoms with van der Waals surface area (Å²) in [5.41, 5.74) is 0.871. The Kier molecular flexibility index (Phi) is 1.42. The van der Waals surface area contributed by atoms with Gasteiger partial charge in [0.05, 0.1) is 7.06 Å². The molecule has 62 valence electrons. The lowest BCUT2D eigenvalue weighted by Crippen LogP contribution is -2.19. The van der Waals surface area contributed by atoms with Crippen molar-refractivity contribution < 1.29 is 11.6 Å². The van der Waals surface area contributed by atoms with Crippen LogP contribution < -0.4 is 0 Å². The minimum atomic E-state index is -1.97. The zero-order valence-electron chi connectivity index (χ0n) is 7.31. The molecule has 1 aromatic heterocycles. The Morgan fingerprint density at radius 3 is 3.17 bits per heavy atom. The predicted octanol–water partition coefficient (Wildman–Crippen LogP) is 0.503. The molecule has 0 amide bonds. The van der Waals surface area contributed by atoms with E-state index in [0.29, 0.717) is 11.3 Å². The maximum atomic E-state index is 9.62. The fourth-order valence-electron chi connectivity index (χ4n) is 1.20. The maximum Gasteiger partial charge on any atom is 0.111 e. The molecular formula is C9H9NO2. The number of rotatable bonds is 0. The van der Waals surface area contributed by atoms with Crippen LogP contribution >= 0.6 is 0 Å². The first-order chi connectivity index (χ1) is 6.12. The summed E-state index contributed by atoms with van der Waals surface area (Å²) in [5, 5.41) is 19.0. The largest absolute Gasteiger partial charge is 0.386 e. The van der Waals surface area contributed by atoms with Crippen molar-refractivity contribution in [2.24, 2.45) is 0 Å². The molecule has 0 saturated carbocycles. The van der Waals surface area contributed by atoms with Crippen LogP contribution in [-0.2, 0) is 0 Å². The van der Waals surface area contributed by atoms with Gasteiger partial charge >= 0.3 is 0 Å². The minimum Gasteiger partial charge on any atom is -0.386 e. The number of aromatic nitrogens is 1. The number of pyridine rings is 1. The van der Waals surface area contributed by atoms with E-state index in [9.17, 15) is 10.2 Å². The van der Waals surface area contributed by atoms with Gasteiger partial charge in [0.1, 0.15) is 12.2 Å². The van der Waals surface area contributed by atoms with E-state index >= 15 is 0 Å². The molecule has 0 aromatic carbocycles. The van der Waals surface area contributed by atoms with Crippen molar-refractivity contribution >= 4 is 6.08 Å². The van der Waals surface area contributed by atoms with E-state index in [1.807, 2.05) is 0 Å². The van der Waals surface area contributed by atoms with E-state index in [2.05, 4.69) is 4.98 Å². The smallest absolute Gasteiger partial charge is 0.111 e. The summed E-state index contributed by atoms with van der Waals surface area (Å²) >= 11 is 0. The molecule has 3 heteroatoms. The van der Waals surface area contributed by atoms with E-state index in [-0.39, 0.29) is 0 Å². The molecule has 1 aromatic rings. The third-order valence-electron chi connectivity index (χ3n) is 1.83. The fourth-order valence-corrected chi connectivity index (χ4v) is 1.20. The van der Waals surface area contributed by atoms with E-state index in [0.717, 1.165) is 0 Å². The highest BCUT2D eigenvalue weighted by molar-refractivity contribution is 5.54. The average Bonchev–Trinajstić information content (AvgIpc) is 2.13. The Hall–Kier alpha value is -1.19. The summed E-state index contributed by atoms with van der Waals surface area (Å²) in [6, 6.07) is 3.21. The first-order valence-electron chi connectivity index (χ1n) is 4.16. The number of nitrogens with zero attached hydrogens (tertiary/aromatic N) is 1. The van der Waals surface area contributed by atoms with Crippen molar-refractivity contribution in [2.75, 3.05) is 0 Å². The average molecular weight is 164 g/mol. The van der Waals surface area contributed by atoms with Crippen LogP contribution in [-0.4, -0.2) is 21.3 Å². The van der Waals surface area contributed by atoms with Crippen molar-refractivity contribution in [1.29, 1.82) is 0 Å². The van der Waals surface area contributed by atoms with Gasteiger partial charge in [0, 0.05) is 11.8 Å². The van der Waals surface area contributed by atoms with Crippen molar-refractivity contribution in [2.45, 2.75) is 12.2 Å². The van der Waals surface area contributed by atoms with Gasteiger partial charge in [-0.3, -0.25) is 4.98 Å². The van der Waals surface area contributed by atoms with Crippen LogP contribution in [0.5, 0.6) is 0 Å². The molecule has 0 bridgehead atoms. The van der Waals surface area contributed by atoms with E-state index in [1.54, 1.807) is 24.4 Å². The molecule has 0 fully saturated rings. The lowest BCUT2D eigenvalue weighted by atomic mass is 9.97. The number of aliphatic hydroxyl groups excluding tert-OH is 1. The molecule has 2 atom stereocenters. The van der Waals surface area contributed by atoms with Gasteiger partial charge in [-0.15, -0.1) is 0 Å². The second-order valence-corrected chi connectivity index (χ2v) is 2.63. The SMILES string of the molecule is [2H][C@@]1(O)c2cccnc2C=C[C@H]1O. The lowest BCUT2D eigenvalue weighted by molar-refractivity contribution is 0.0467. The topological polar surface area (TPSA) is 53.4 Å². The second kappa shape index (κ2) is 2.69. The molecule has 1 aliphatic rings. The molecule has 0 saturated heterocycles. The molecule has 12 heavy (non-hydrogen) atoms. The van der Waals surface area contributed by atoms with Crippen LogP contribution in [0.1, 0.15) is 18.7 Å². The van der Waals surface area contributed by atoms with E-state index in [4.69, 9.17) is 1.37 Å². The van der Waals surface area contributed by atoms with Gasteiger partial charge in [0.2, 0.25) is 0 Å². The zero-order chi connectivity index (χ0) is 9.47. The summed E-state index contributed by atoms with van der Waals surface area (Å²) in [6.45, 7) is 0. The number of hydrogen-bond acceptors (Lipinski definition) is 3. The van der Waals surface area contributed by atoms with Crippen LogP contribution in [0, 0.1) is 0 Å². The minimum absolute atomic E-state index is 0.338. The predicted molar refractivity (Wildman–Crippen MR) is 44.2 cm³/mol. The van der Waals surface area contributed by atoms with Gasteiger partial charge < -0.3 is 10.2 Å². The highest BCUT2D eigenvalue weighted by Gasteiger charge is 2.21. The zero-order valence-corrected chi connectivity index (χ0v) is 6.31. The third-order valence-corrected chi connectivity index (χ3v) is 1.83. The molecule has 0 aliphatic heterocycles. The molecule has 0 spiro atoms. The molecule has 3 nitrogen and oxygen atoms in total. The van der Waals surface area contributed by atoms with Gasteiger partial charge in [-0.05, 0) is 12.1 Å². The number of hydrogen-bond donors (Lipinski definition) is 2. The highest BCUT2D eigenvalue weighted by atomic mass is 16.3. The lowest BCUT2D eigenvalue weighted by Gasteiger charge is -2.20. The van der Waals surface area contributed by atoms with Gasteiger partial charge in [-0.25, -0.2) is 0 Å². The van der Waals surface area contributed by atoms with Crippen molar-refractivity contribution in [3.8, 4) is 0 Å². The van der Waals surface area contributed by atoms with Crippen LogP contribution in [0.25, 0.3) is 6.08 Å². The van der Waals surface area contributed by atoms with Crippen LogP contribution in [0.2, 0.25) is 0 Å². The van der Waals surface area contributed by atoms with E-state index < -0.39 is 12.2 Å². The third kappa shape index (κ3) is 1.03. The van der Waals surface area contributed by atoms with Crippen LogP contribution in [0.15, 0.2) is 24.4 Å². The molecular weight excluding hydrogens is 154 g/mol. The van der Waals surface area contributed by atoms with Gasteiger partial charge in [0.25, 0.3) is 0 Å². The molecule has 1 heterocycles. The van der Waals surface area contributed by atoms with Crippen LogP contribution in [0.4, 0.5) is 0 Å². The quantitative estimate of drug-likeness (QED) is 0.587. The number of fused-ring (bicyclic) bond motifs is 1. The first kappa shape index (κ1) is 6.34. The van der Waals surface area contributed by atoms with Gasteiger partial charge in [-0.2, -0.15) is 0 Å². The molecule has 2 N–H and O–H groups in total. The Labute approximate surface area is 71.4 Å². The molecule has 0 radical (unpaired) electrons. The summed E-state index contributed by atoms with van der Waals surface area (Å²) in [6.07, 6.45) is 1.38. The summed E-state index contributed by atoms with van der Waals surface area (Å²) in [5.74, 6) is 0. The van der Waals surface area contributed by atoms with Crippen molar-refractivity contribution in [1.82, 2.24) is 4.98 Å². The summed E-state index contributed by atoms with van der Waals surface area (Å²) in [4.78, 5) is 3.97. The van der Waals surface area contributed by atoms with E-state index in [1.165, 1.54) is 6.08 Å².